The minimum atomic E-state index is -0.469. The van der Waals surface area contributed by atoms with Crippen LogP contribution in [0.25, 0.3) is 0 Å². The Labute approximate surface area is 105 Å². The summed E-state index contributed by atoms with van der Waals surface area (Å²) < 4.78 is 4.72. The topological polar surface area (TPSA) is 69.4 Å². The van der Waals surface area contributed by atoms with E-state index in [2.05, 4.69) is 11.8 Å². The summed E-state index contributed by atoms with van der Waals surface area (Å²) in [4.78, 5) is 21.2. The minimum Gasteiger partial charge on any atom is -0.465 e. The van der Waals surface area contributed by atoms with Crippen LogP contribution >= 0.6 is 0 Å². The molecule has 0 saturated carbocycles. The second kappa shape index (κ2) is 6.40. The molecule has 0 N–H and O–H groups in total. The van der Waals surface area contributed by atoms with E-state index in [1.54, 1.807) is 19.9 Å². The van der Waals surface area contributed by atoms with Crippen LogP contribution in [0.15, 0.2) is 18.2 Å². The average Bonchev–Trinajstić information content (AvgIpc) is 2.28. The third-order valence-corrected chi connectivity index (χ3v) is 2.04. The third kappa shape index (κ3) is 4.26. The average molecular weight is 247 g/mol. The van der Waals surface area contributed by atoms with E-state index >= 15 is 0 Å². The lowest BCUT2D eigenvalue weighted by molar-refractivity contribution is -0.384. The van der Waals surface area contributed by atoms with Gasteiger partial charge in [-0.2, -0.15) is 0 Å². The molecule has 0 amide bonds. The number of carbonyl (C=O) groups excluding carboxylic acids is 1. The van der Waals surface area contributed by atoms with Gasteiger partial charge in [-0.3, -0.25) is 14.9 Å². The van der Waals surface area contributed by atoms with E-state index in [0.29, 0.717) is 12.2 Å². The molecular formula is C13H13NO4. The van der Waals surface area contributed by atoms with Crippen LogP contribution < -0.4 is 0 Å². The van der Waals surface area contributed by atoms with E-state index in [-0.39, 0.29) is 12.1 Å². The van der Waals surface area contributed by atoms with Crippen molar-refractivity contribution in [2.75, 3.05) is 6.61 Å². The number of non-ortho nitro benzene ring substituents is 1. The lowest BCUT2D eigenvalue weighted by Gasteiger charge is -1.97. The molecule has 0 saturated heterocycles. The number of hydrogen-bond donors (Lipinski definition) is 0. The Bertz CT molecular complexity index is 526. The summed E-state index contributed by atoms with van der Waals surface area (Å²) in [5.74, 6) is 4.95. The second-order valence-corrected chi connectivity index (χ2v) is 3.60. The van der Waals surface area contributed by atoms with E-state index in [1.807, 2.05) is 0 Å². The minimum absolute atomic E-state index is 0.00423. The van der Waals surface area contributed by atoms with Crippen LogP contribution in [0, 0.1) is 28.9 Å². The highest BCUT2D eigenvalue weighted by Crippen LogP contribution is 2.15. The van der Waals surface area contributed by atoms with E-state index in [1.165, 1.54) is 12.1 Å². The Hall–Kier alpha value is -2.35. The molecule has 18 heavy (non-hydrogen) atoms. The van der Waals surface area contributed by atoms with Crippen LogP contribution in [-0.2, 0) is 9.53 Å². The lowest BCUT2D eigenvalue weighted by Crippen LogP contribution is -2.01. The SMILES string of the molecule is CCOC(=O)CC#Cc1cc(C)cc([N+](=O)[O-])c1. The van der Waals surface area contributed by atoms with Gasteiger partial charge < -0.3 is 4.74 Å². The highest BCUT2D eigenvalue weighted by Gasteiger charge is 2.06. The quantitative estimate of drug-likeness (QED) is 0.355. The van der Waals surface area contributed by atoms with Crippen molar-refractivity contribution in [2.45, 2.75) is 20.3 Å². The number of rotatable bonds is 3. The monoisotopic (exact) mass is 247 g/mol. The van der Waals surface area contributed by atoms with Gasteiger partial charge in [-0.1, -0.05) is 11.8 Å². The summed E-state index contributed by atoms with van der Waals surface area (Å²) in [6.07, 6.45) is -0.0183. The maximum Gasteiger partial charge on any atom is 0.317 e. The van der Waals surface area contributed by atoms with Crippen molar-refractivity contribution in [3.8, 4) is 11.8 Å². The predicted octanol–water partition coefficient (Wildman–Crippen LogP) is 2.21. The number of esters is 1. The highest BCUT2D eigenvalue weighted by atomic mass is 16.6. The molecule has 0 bridgehead atoms. The van der Waals surface area contributed by atoms with E-state index in [0.717, 1.165) is 5.56 Å². The Morgan fingerprint density at radius 3 is 2.78 bits per heavy atom. The second-order valence-electron chi connectivity index (χ2n) is 3.60. The van der Waals surface area contributed by atoms with Crippen molar-refractivity contribution >= 4 is 11.7 Å². The van der Waals surface area contributed by atoms with Gasteiger partial charge in [-0.25, -0.2) is 0 Å². The van der Waals surface area contributed by atoms with Gasteiger partial charge in [0.25, 0.3) is 5.69 Å². The Balaban J connectivity index is 2.82. The van der Waals surface area contributed by atoms with Crippen molar-refractivity contribution in [1.82, 2.24) is 0 Å². The van der Waals surface area contributed by atoms with Gasteiger partial charge in [0.2, 0.25) is 0 Å². The zero-order chi connectivity index (χ0) is 13.5. The molecule has 0 aliphatic heterocycles. The van der Waals surface area contributed by atoms with Crippen molar-refractivity contribution in [3.05, 3.63) is 39.4 Å². The summed E-state index contributed by atoms with van der Waals surface area (Å²) in [6.45, 7) is 3.79. The van der Waals surface area contributed by atoms with Gasteiger partial charge >= 0.3 is 5.97 Å². The first-order chi connectivity index (χ1) is 8.52. The van der Waals surface area contributed by atoms with Gasteiger partial charge in [0, 0.05) is 17.7 Å². The van der Waals surface area contributed by atoms with Gasteiger partial charge in [0.1, 0.15) is 6.42 Å². The van der Waals surface area contributed by atoms with Crippen LogP contribution in [0.3, 0.4) is 0 Å². The van der Waals surface area contributed by atoms with Crippen molar-refractivity contribution in [3.63, 3.8) is 0 Å². The van der Waals surface area contributed by atoms with Crippen LogP contribution in [0.5, 0.6) is 0 Å². The molecule has 0 heterocycles. The predicted molar refractivity (Wildman–Crippen MR) is 66.0 cm³/mol. The van der Waals surface area contributed by atoms with Crippen LogP contribution in [0.4, 0.5) is 5.69 Å². The smallest absolute Gasteiger partial charge is 0.317 e. The fraction of sp³-hybridized carbons (Fsp3) is 0.308. The third-order valence-electron chi connectivity index (χ3n) is 2.04. The summed E-state index contributed by atoms with van der Waals surface area (Å²) in [5, 5.41) is 10.7. The molecule has 0 aliphatic rings. The number of nitro benzene ring substituents is 1. The molecule has 5 heteroatoms. The summed E-state index contributed by atoms with van der Waals surface area (Å²) in [5.41, 5.74) is 1.27. The fourth-order valence-electron chi connectivity index (χ4n) is 1.37. The Morgan fingerprint density at radius 1 is 1.44 bits per heavy atom. The molecule has 1 rings (SSSR count). The van der Waals surface area contributed by atoms with Crippen molar-refractivity contribution in [2.24, 2.45) is 0 Å². The molecule has 0 radical (unpaired) electrons. The Morgan fingerprint density at radius 2 is 2.17 bits per heavy atom. The van der Waals surface area contributed by atoms with E-state index in [9.17, 15) is 14.9 Å². The normalized spacial score (nSPS) is 9.22. The number of nitrogens with zero attached hydrogens (tertiary/aromatic N) is 1. The van der Waals surface area contributed by atoms with Crippen LogP contribution in [0.1, 0.15) is 24.5 Å². The number of aryl methyl sites for hydroxylation is 1. The van der Waals surface area contributed by atoms with Crippen LogP contribution in [0.2, 0.25) is 0 Å². The van der Waals surface area contributed by atoms with Crippen molar-refractivity contribution in [1.29, 1.82) is 0 Å². The molecule has 0 spiro atoms. The first kappa shape index (κ1) is 13.7. The number of carbonyl (C=O) groups is 1. The maximum atomic E-state index is 11.0. The molecular weight excluding hydrogens is 234 g/mol. The van der Waals surface area contributed by atoms with Gasteiger partial charge in [-0.05, 0) is 25.5 Å². The molecule has 0 unspecified atom stereocenters. The standard InChI is InChI=1S/C13H13NO4/c1-3-18-13(15)6-4-5-11-7-10(2)8-12(9-11)14(16)17/h7-9H,3,6H2,1-2H3. The zero-order valence-electron chi connectivity index (χ0n) is 10.2. The molecule has 0 fully saturated rings. The maximum absolute atomic E-state index is 11.0. The lowest BCUT2D eigenvalue weighted by atomic mass is 10.1. The molecule has 94 valence electrons. The molecule has 5 nitrogen and oxygen atoms in total. The highest BCUT2D eigenvalue weighted by molar-refractivity contribution is 5.72. The molecule has 1 aromatic carbocycles. The largest absolute Gasteiger partial charge is 0.465 e. The fourth-order valence-corrected chi connectivity index (χ4v) is 1.37. The number of benzene rings is 1. The first-order valence-corrected chi connectivity index (χ1v) is 5.43. The summed E-state index contributed by atoms with van der Waals surface area (Å²) in [6, 6.07) is 4.58. The Kier molecular flexibility index (Phi) is 4.88. The van der Waals surface area contributed by atoms with Gasteiger partial charge in [0.05, 0.1) is 11.5 Å². The molecule has 0 atom stereocenters. The summed E-state index contributed by atoms with van der Waals surface area (Å²) in [7, 11) is 0. The van der Waals surface area contributed by atoms with Gasteiger partial charge in [-0.15, -0.1) is 0 Å². The number of nitro groups is 1. The number of hydrogen-bond acceptors (Lipinski definition) is 4. The summed E-state index contributed by atoms with van der Waals surface area (Å²) >= 11 is 0. The molecule has 0 aliphatic carbocycles. The number of ether oxygens (including phenoxy) is 1. The van der Waals surface area contributed by atoms with E-state index in [4.69, 9.17) is 4.74 Å². The van der Waals surface area contributed by atoms with Gasteiger partial charge in [0.15, 0.2) is 0 Å². The van der Waals surface area contributed by atoms with Crippen LogP contribution in [-0.4, -0.2) is 17.5 Å². The molecule has 0 aromatic heterocycles. The van der Waals surface area contributed by atoms with Crippen molar-refractivity contribution < 1.29 is 14.5 Å². The zero-order valence-corrected chi connectivity index (χ0v) is 10.2. The molecule has 1 aromatic rings. The first-order valence-electron chi connectivity index (χ1n) is 5.43. The van der Waals surface area contributed by atoms with E-state index < -0.39 is 10.9 Å².